The molecule has 0 amide bonds. The predicted octanol–water partition coefficient (Wildman–Crippen LogP) is -0.201. The summed E-state index contributed by atoms with van der Waals surface area (Å²) < 4.78 is 0. The van der Waals surface area contributed by atoms with E-state index in [1.807, 2.05) is 0 Å². The van der Waals surface area contributed by atoms with Crippen molar-refractivity contribution in [2.45, 2.75) is 0 Å². The smallest absolute Gasteiger partial charge is 0.545 e. The van der Waals surface area contributed by atoms with E-state index < -0.39 is 0 Å². The molecule has 0 unspecified atom stereocenters. The van der Waals surface area contributed by atoms with Crippen LogP contribution in [-0.2, 0) is 58.1 Å². The first-order valence-electron chi connectivity index (χ1n) is 0.943. The Morgan fingerprint density at radius 1 is 0.417 bits per heavy atom. The Labute approximate surface area is 100 Å². The maximum atomic E-state index is 7.75. The zero-order valence-corrected chi connectivity index (χ0v) is 9.89. The third kappa shape index (κ3) is 147000. The van der Waals surface area contributed by atoms with Gasteiger partial charge in [-0.3, -0.25) is 27.2 Å². The molecule has 0 saturated carbocycles. The summed E-state index contributed by atoms with van der Waals surface area (Å²) in [6, 6.07) is 0. The van der Waals surface area contributed by atoms with Crippen LogP contribution in [0.5, 0.6) is 0 Å². The summed E-state index contributed by atoms with van der Waals surface area (Å²) in [6.07, 6.45) is 0. The minimum atomic E-state index is 0. The minimum Gasteiger partial charge on any atom is -0.545 e. The van der Waals surface area contributed by atoms with Crippen LogP contribution in [0, 0.1) is 14.9 Å². The second-order valence-electron chi connectivity index (χ2n) is 0. The van der Waals surface area contributed by atoms with Crippen LogP contribution in [0.3, 0.4) is 0 Å². The van der Waals surface area contributed by atoms with Crippen LogP contribution >= 0.6 is 0 Å². The first-order chi connectivity index (χ1) is 4.00. The standard InChI is InChI=1S/4CHO.2CH3.2Rh/c4*1-2;;;;/h4*1H;2*1H3;;/q6*-1;2*+3. The van der Waals surface area contributed by atoms with Gasteiger partial charge in [0.25, 0.3) is 0 Å². The number of hydrogen-bond donors (Lipinski definition) is 0. The van der Waals surface area contributed by atoms with Gasteiger partial charge in [-0.25, -0.2) is 0 Å². The van der Waals surface area contributed by atoms with Crippen LogP contribution < -0.4 is 0 Å². The van der Waals surface area contributed by atoms with Gasteiger partial charge in [-0.15, -0.1) is 0 Å². The SMILES string of the molecule is [CH-]=O.[CH-]=O.[CH-]=O.[CH-]=O.[CH3-].[CH3-].[Rh+3].[Rh+3]. The molecule has 0 aromatic carbocycles. The summed E-state index contributed by atoms with van der Waals surface area (Å²) in [6.45, 7) is 13.0. The number of rotatable bonds is 0. The van der Waals surface area contributed by atoms with E-state index in [1.165, 1.54) is 0 Å². The maximum absolute atomic E-state index is 7.75. The molecule has 76 valence electrons. The molecule has 0 spiro atoms. The van der Waals surface area contributed by atoms with Crippen molar-refractivity contribution in [3.05, 3.63) is 14.9 Å². The molecule has 4 nitrogen and oxygen atoms in total. The van der Waals surface area contributed by atoms with Crippen molar-refractivity contribution in [1.29, 1.82) is 0 Å². The zero-order chi connectivity index (χ0) is 8.00. The molecule has 0 atom stereocenters. The molecule has 0 fully saturated rings. The van der Waals surface area contributed by atoms with Crippen molar-refractivity contribution in [1.82, 2.24) is 0 Å². The van der Waals surface area contributed by atoms with Gasteiger partial charge in [-0.2, -0.15) is 0 Å². The fraction of sp³-hybridized carbons (Fsp3) is 0. The first kappa shape index (κ1) is 92.4. The fourth-order valence-electron chi connectivity index (χ4n) is 0. The average Bonchev–Trinajstić information content (AvgIpc) is 2.03. The molecule has 0 bridgehead atoms. The summed E-state index contributed by atoms with van der Waals surface area (Å²) >= 11 is 0. The summed E-state index contributed by atoms with van der Waals surface area (Å²) in [5, 5.41) is 0. The Hall–Kier alpha value is -0.0732. The topological polar surface area (TPSA) is 68.3 Å². The molecule has 0 N–H and O–H groups in total. The van der Waals surface area contributed by atoms with Gasteiger partial charge < -0.3 is 34.0 Å². The largest absolute Gasteiger partial charge is 3.00 e. The first-order valence-corrected chi connectivity index (χ1v) is 0.943. The summed E-state index contributed by atoms with van der Waals surface area (Å²) in [4.78, 5) is 31.0. The Bertz CT molecular complexity index is 25.5. The molecule has 0 radical (unpaired) electrons. The average molecular weight is 352 g/mol. The van der Waals surface area contributed by atoms with Gasteiger partial charge in [0, 0.05) is 0 Å². The van der Waals surface area contributed by atoms with Crippen molar-refractivity contribution in [2.75, 3.05) is 0 Å². The second-order valence-corrected chi connectivity index (χ2v) is 0. The van der Waals surface area contributed by atoms with Crippen molar-refractivity contribution in [2.24, 2.45) is 0 Å². The third-order valence-electron chi connectivity index (χ3n) is 0. The van der Waals surface area contributed by atoms with E-state index in [9.17, 15) is 0 Å². The van der Waals surface area contributed by atoms with Crippen LogP contribution in [0.25, 0.3) is 0 Å². The second kappa shape index (κ2) is 201000. The number of hydrogen-bond acceptors (Lipinski definition) is 4. The van der Waals surface area contributed by atoms with Gasteiger partial charge in [-0.1, -0.05) is 0 Å². The van der Waals surface area contributed by atoms with Gasteiger partial charge in [-0.05, 0) is 0 Å². The van der Waals surface area contributed by atoms with Crippen molar-refractivity contribution >= 4 is 27.2 Å². The molecule has 0 rings (SSSR count). The van der Waals surface area contributed by atoms with E-state index in [-0.39, 0.29) is 53.8 Å². The van der Waals surface area contributed by atoms with Crippen molar-refractivity contribution in [3.8, 4) is 0 Å². The fourth-order valence-corrected chi connectivity index (χ4v) is 0. The molecule has 0 aliphatic rings. The van der Waals surface area contributed by atoms with Crippen LogP contribution in [0.1, 0.15) is 0 Å². The normalized spacial score (nSPS) is 1.33. The summed E-state index contributed by atoms with van der Waals surface area (Å²) in [5.41, 5.74) is 0. The molecule has 0 aromatic rings. The van der Waals surface area contributed by atoms with Gasteiger partial charge >= 0.3 is 39.0 Å². The third-order valence-corrected chi connectivity index (χ3v) is 0. The molecule has 12 heavy (non-hydrogen) atoms. The molecule has 6 heteroatoms. The van der Waals surface area contributed by atoms with E-state index in [4.69, 9.17) is 19.2 Å². The zero-order valence-electron chi connectivity index (χ0n) is 6.61. The van der Waals surface area contributed by atoms with Gasteiger partial charge in [0.2, 0.25) is 0 Å². The van der Waals surface area contributed by atoms with E-state index in [0.29, 0.717) is 0 Å². The van der Waals surface area contributed by atoms with Gasteiger partial charge in [0.05, 0.1) is 0 Å². The van der Waals surface area contributed by atoms with Crippen molar-refractivity contribution in [3.63, 3.8) is 0 Å². The molecular weight excluding hydrogens is 342 g/mol. The number of carbonyl (C=O) groups excluding carboxylic acids is 4. The molecule has 0 heterocycles. The quantitative estimate of drug-likeness (QED) is 0.344. The predicted molar refractivity (Wildman–Crippen MR) is 39.8 cm³/mol. The molecule has 0 aliphatic carbocycles. The van der Waals surface area contributed by atoms with E-state index >= 15 is 0 Å². The van der Waals surface area contributed by atoms with Crippen LogP contribution in [-0.4, -0.2) is 27.2 Å². The van der Waals surface area contributed by atoms with E-state index in [2.05, 4.69) is 27.2 Å². The Balaban J connectivity index is -0.00000000267. The van der Waals surface area contributed by atoms with Crippen LogP contribution in [0.4, 0.5) is 0 Å². The Kier molecular flexibility index (Phi) is 1540000. The monoisotopic (exact) mass is 352 g/mol. The van der Waals surface area contributed by atoms with Gasteiger partial charge in [0.1, 0.15) is 0 Å². The van der Waals surface area contributed by atoms with Crippen molar-refractivity contribution < 1.29 is 58.1 Å². The Morgan fingerprint density at radius 2 is 0.417 bits per heavy atom. The summed E-state index contributed by atoms with van der Waals surface area (Å²) in [7, 11) is 0. The summed E-state index contributed by atoms with van der Waals surface area (Å²) in [5.74, 6) is 0. The van der Waals surface area contributed by atoms with Gasteiger partial charge in [0.15, 0.2) is 0 Å². The minimum absolute atomic E-state index is 0. The molecule has 0 aliphatic heterocycles. The van der Waals surface area contributed by atoms with Crippen LogP contribution in [0.15, 0.2) is 0 Å². The van der Waals surface area contributed by atoms with E-state index in [1.54, 1.807) is 0 Å². The Morgan fingerprint density at radius 3 is 0.417 bits per heavy atom. The molecule has 0 saturated heterocycles. The van der Waals surface area contributed by atoms with Crippen LogP contribution in [0.2, 0.25) is 0 Å². The maximum Gasteiger partial charge on any atom is 3.00 e. The molecule has 0 aromatic heterocycles. The molecular formula is C6H10O4Rh2. The van der Waals surface area contributed by atoms with E-state index in [0.717, 1.165) is 0 Å².